The molecule has 1 N–H and O–H groups in total. The molecular formula is C17H26NO2. The zero-order valence-electron chi connectivity index (χ0n) is 12.7. The van der Waals surface area contributed by atoms with Crippen LogP contribution in [0.3, 0.4) is 0 Å². The van der Waals surface area contributed by atoms with Crippen molar-refractivity contribution >= 4 is 11.5 Å². The van der Waals surface area contributed by atoms with Crippen molar-refractivity contribution < 1.29 is 9.90 Å². The summed E-state index contributed by atoms with van der Waals surface area (Å²) in [6.07, 6.45) is 4.35. The molecule has 0 fully saturated rings. The van der Waals surface area contributed by atoms with Gasteiger partial charge in [0, 0.05) is 19.5 Å². The van der Waals surface area contributed by atoms with Gasteiger partial charge in [0.1, 0.15) is 5.75 Å². The van der Waals surface area contributed by atoms with Crippen molar-refractivity contribution in [1.29, 1.82) is 0 Å². The van der Waals surface area contributed by atoms with E-state index in [4.69, 9.17) is 0 Å². The van der Waals surface area contributed by atoms with Gasteiger partial charge in [-0.1, -0.05) is 32.3 Å². The number of hydrogen-bond donors (Lipinski definition) is 1. The molecule has 0 heterocycles. The molecule has 0 aliphatic rings. The molecule has 1 rings (SSSR count). The predicted molar refractivity (Wildman–Crippen MR) is 84.4 cm³/mol. The van der Waals surface area contributed by atoms with E-state index in [1.807, 2.05) is 26.0 Å². The Hall–Kier alpha value is -1.51. The van der Waals surface area contributed by atoms with Crippen LogP contribution in [0.15, 0.2) is 18.2 Å². The molecular weight excluding hydrogens is 250 g/mol. The van der Waals surface area contributed by atoms with Crippen LogP contribution in [0.25, 0.3) is 0 Å². The number of Topliss-reactive ketones (excluding diaryl/α,β-unsaturated/α-hetero) is 1. The van der Waals surface area contributed by atoms with Gasteiger partial charge in [0.05, 0.1) is 11.3 Å². The topological polar surface area (TPSA) is 40.5 Å². The molecule has 20 heavy (non-hydrogen) atoms. The smallest absolute Gasteiger partial charge is 0.166 e. The highest BCUT2D eigenvalue weighted by Gasteiger charge is 2.16. The maximum absolute atomic E-state index is 12.2. The summed E-state index contributed by atoms with van der Waals surface area (Å²) >= 11 is 0. The second-order valence-electron chi connectivity index (χ2n) is 4.93. The summed E-state index contributed by atoms with van der Waals surface area (Å²) in [5.74, 6) is 0.152. The lowest BCUT2D eigenvalue weighted by molar-refractivity contribution is 0.0976. The van der Waals surface area contributed by atoms with Gasteiger partial charge in [0.2, 0.25) is 0 Å². The Bertz CT molecular complexity index is 425. The SMILES string of the molecule is [CH2]CCCCCC(=O)c1cccc(N(CC)CC)c1O. The summed E-state index contributed by atoms with van der Waals surface area (Å²) in [6.45, 7) is 9.49. The summed E-state index contributed by atoms with van der Waals surface area (Å²) < 4.78 is 0. The fourth-order valence-electron chi connectivity index (χ4n) is 2.35. The van der Waals surface area contributed by atoms with Gasteiger partial charge in [0.25, 0.3) is 0 Å². The van der Waals surface area contributed by atoms with E-state index < -0.39 is 0 Å². The van der Waals surface area contributed by atoms with Crippen LogP contribution in [0, 0.1) is 6.92 Å². The molecule has 1 aromatic rings. The van der Waals surface area contributed by atoms with Crippen molar-refractivity contribution in [2.45, 2.75) is 46.0 Å². The molecule has 0 amide bonds. The van der Waals surface area contributed by atoms with Gasteiger partial charge in [-0.15, -0.1) is 0 Å². The van der Waals surface area contributed by atoms with E-state index in [1.54, 1.807) is 6.07 Å². The van der Waals surface area contributed by atoms with Crippen molar-refractivity contribution in [3.63, 3.8) is 0 Å². The maximum atomic E-state index is 12.2. The Balaban J connectivity index is 2.80. The number of hydrogen-bond acceptors (Lipinski definition) is 3. The highest BCUT2D eigenvalue weighted by atomic mass is 16.3. The first-order chi connectivity index (χ1) is 9.65. The van der Waals surface area contributed by atoms with E-state index >= 15 is 0 Å². The van der Waals surface area contributed by atoms with Crippen molar-refractivity contribution in [2.75, 3.05) is 18.0 Å². The van der Waals surface area contributed by atoms with Crippen molar-refractivity contribution in [3.05, 3.63) is 30.7 Å². The van der Waals surface area contributed by atoms with E-state index in [0.717, 1.165) is 44.5 Å². The second kappa shape index (κ2) is 8.62. The number of nitrogens with zero attached hydrogens (tertiary/aromatic N) is 1. The average Bonchev–Trinajstić information content (AvgIpc) is 2.46. The van der Waals surface area contributed by atoms with Gasteiger partial charge in [-0.05, 0) is 32.4 Å². The fraction of sp³-hybridized carbons (Fsp3) is 0.529. The zero-order valence-corrected chi connectivity index (χ0v) is 12.7. The minimum Gasteiger partial charge on any atom is -0.505 e. The number of benzene rings is 1. The van der Waals surface area contributed by atoms with E-state index in [9.17, 15) is 9.90 Å². The molecule has 0 saturated carbocycles. The van der Waals surface area contributed by atoms with E-state index in [1.165, 1.54) is 0 Å². The summed E-state index contributed by atoms with van der Waals surface area (Å²) in [5.41, 5.74) is 1.20. The van der Waals surface area contributed by atoms with Gasteiger partial charge >= 0.3 is 0 Å². The lowest BCUT2D eigenvalue weighted by Gasteiger charge is -2.22. The molecule has 3 heteroatoms. The highest BCUT2D eigenvalue weighted by Crippen LogP contribution is 2.31. The summed E-state index contributed by atoms with van der Waals surface area (Å²) in [7, 11) is 0. The Labute approximate surface area is 122 Å². The number of para-hydroxylation sites is 1. The van der Waals surface area contributed by atoms with E-state index in [2.05, 4.69) is 11.8 Å². The monoisotopic (exact) mass is 276 g/mol. The maximum Gasteiger partial charge on any atom is 0.166 e. The van der Waals surface area contributed by atoms with Crippen LogP contribution in [0.4, 0.5) is 5.69 Å². The van der Waals surface area contributed by atoms with Gasteiger partial charge in [0.15, 0.2) is 5.78 Å². The van der Waals surface area contributed by atoms with Crippen LogP contribution in [-0.4, -0.2) is 24.0 Å². The van der Waals surface area contributed by atoms with Crippen molar-refractivity contribution in [3.8, 4) is 5.75 Å². The fourth-order valence-corrected chi connectivity index (χ4v) is 2.35. The van der Waals surface area contributed by atoms with Crippen LogP contribution < -0.4 is 4.90 Å². The molecule has 0 aromatic heterocycles. The number of phenols is 1. The molecule has 0 aliphatic heterocycles. The molecule has 0 bridgehead atoms. The molecule has 0 atom stereocenters. The molecule has 3 nitrogen and oxygen atoms in total. The summed E-state index contributed by atoms with van der Waals surface area (Å²) in [4.78, 5) is 14.2. The number of carbonyl (C=O) groups is 1. The second-order valence-corrected chi connectivity index (χ2v) is 4.93. The third-order valence-corrected chi connectivity index (χ3v) is 3.57. The number of carbonyl (C=O) groups excluding carboxylic acids is 1. The van der Waals surface area contributed by atoms with Gasteiger partial charge in [-0.3, -0.25) is 4.79 Å². The minimum absolute atomic E-state index is 0.0283. The number of rotatable bonds is 9. The summed E-state index contributed by atoms with van der Waals surface area (Å²) in [6, 6.07) is 5.42. The first-order valence-electron chi connectivity index (χ1n) is 7.55. The summed E-state index contributed by atoms with van der Waals surface area (Å²) in [5, 5.41) is 10.3. The molecule has 0 saturated heterocycles. The van der Waals surface area contributed by atoms with E-state index in [-0.39, 0.29) is 11.5 Å². The van der Waals surface area contributed by atoms with Crippen molar-refractivity contribution in [1.82, 2.24) is 0 Å². The lowest BCUT2D eigenvalue weighted by atomic mass is 10.0. The number of phenolic OH excluding ortho intramolecular Hbond substituents is 1. The van der Waals surface area contributed by atoms with E-state index in [0.29, 0.717) is 12.0 Å². The van der Waals surface area contributed by atoms with Gasteiger partial charge in [-0.2, -0.15) is 0 Å². The molecule has 0 unspecified atom stereocenters. The van der Waals surface area contributed by atoms with Crippen molar-refractivity contribution in [2.24, 2.45) is 0 Å². The molecule has 0 spiro atoms. The minimum atomic E-state index is 0.0283. The quantitative estimate of drug-likeness (QED) is 0.542. The Morgan fingerprint density at radius 1 is 1.20 bits per heavy atom. The van der Waals surface area contributed by atoms with Crippen LogP contribution >= 0.6 is 0 Å². The number of ketones is 1. The first-order valence-corrected chi connectivity index (χ1v) is 7.55. The third-order valence-electron chi connectivity index (χ3n) is 3.57. The molecule has 111 valence electrons. The van der Waals surface area contributed by atoms with Gasteiger partial charge in [-0.25, -0.2) is 0 Å². The Morgan fingerprint density at radius 2 is 1.90 bits per heavy atom. The van der Waals surface area contributed by atoms with Crippen LogP contribution in [-0.2, 0) is 0 Å². The average molecular weight is 276 g/mol. The van der Waals surface area contributed by atoms with Crippen LogP contribution in [0.1, 0.15) is 56.3 Å². The van der Waals surface area contributed by atoms with Crippen LogP contribution in [0.2, 0.25) is 0 Å². The third kappa shape index (κ3) is 4.26. The molecule has 1 aromatic carbocycles. The van der Waals surface area contributed by atoms with Crippen LogP contribution in [0.5, 0.6) is 5.75 Å². The molecule has 0 aliphatic carbocycles. The zero-order chi connectivity index (χ0) is 15.0. The standard InChI is InChI=1S/C17H26NO2/c1-4-7-8-9-13-16(19)14-11-10-12-15(17(14)20)18(5-2)6-3/h10-12,20H,1,4-9,13H2,2-3H3. The Kier molecular flexibility index (Phi) is 7.13. The first kappa shape index (κ1) is 16.5. The Morgan fingerprint density at radius 3 is 2.50 bits per heavy atom. The normalized spacial score (nSPS) is 10.6. The largest absolute Gasteiger partial charge is 0.505 e. The number of unbranched alkanes of at least 4 members (excludes halogenated alkanes) is 3. The van der Waals surface area contributed by atoms with Gasteiger partial charge < -0.3 is 10.0 Å². The molecule has 1 radical (unpaired) electrons. The number of aromatic hydroxyl groups is 1. The predicted octanol–water partition coefficient (Wildman–Crippen LogP) is 4.21. The highest BCUT2D eigenvalue weighted by molar-refractivity contribution is 6.00. The number of anilines is 1. The lowest BCUT2D eigenvalue weighted by Crippen LogP contribution is -2.22.